The predicted octanol–water partition coefficient (Wildman–Crippen LogP) is 5.36. The van der Waals surface area contributed by atoms with Crippen LogP contribution in [0.3, 0.4) is 0 Å². The van der Waals surface area contributed by atoms with Gasteiger partial charge in [0, 0.05) is 17.0 Å². The van der Waals surface area contributed by atoms with Crippen molar-refractivity contribution < 1.29 is 18.3 Å². The van der Waals surface area contributed by atoms with Gasteiger partial charge in [0.1, 0.15) is 5.75 Å². The number of ether oxygens (including phenoxy) is 1. The molecule has 3 rings (SSSR count). The Morgan fingerprint density at radius 3 is 2.48 bits per heavy atom. The lowest BCUT2D eigenvalue weighted by atomic mass is 10.1. The minimum Gasteiger partial charge on any atom is -0.435 e. The first-order valence-corrected chi connectivity index (χ1v) is 8.91. The van der Waals surface area contributed by atoms with Crippen molar-refractivity contribution in [3.05, 3.63) is 71.1 Å². The summed E-state index contributed by atoms with van der Waals surface area (Å²) in [5.74, 6) is -0.316. The zero-order valence-electron chi connectivity index (χ0n) is 14.7. The van der Waals surface area contributed by atoms with Crippen LogP contribution in [0.1, 0.15) is 11.1 Å². The van der Waals surface area contributed by atoms with Crippen LogP contribution in [0.4, 0.5) is 13.9 Å². The minimum absolute atomic E-state index is 0. The van der Waals surface area contributed by atoms with Gasteiger partial charge >= 0.3 is 6.61 Å². The Labute approximate surface area is 175 Å². The molecule has 148 valence electrons. The highest BCUT2D eigenvalue weighted by Gasteiger charge is 2.07. The van der Waals surface area contributed by atoms with Crippen LogP contribution >= 0.6 is 23.7 Å². The number of aromatic nitrogens is 1. The van der Waals surface area contributed by atoms with Crippen molar-refractivity contribution in [3.63, 3.8) is 0 Å². The second kappa shape index (κ2) is 10.3. The Bertz CT molecular complexity index is 1030. The van der Waals surface area contributed by atoms with Gasteiger partial charge in [0.25, 0.3) is 0 Å². The Balaban J connectivity index is 0.00000300. The zero-order chi connectivity index (χ0) is 19.9. The number of hydrogen-bond acceptors (Lipinski definition) is 5. The molecule has 9 heteroatoms. The molecule has 0 saturated heterocycles. The normalized spacial score (nSPS) is 10.4. The molecular formula is C20H14ClF2N3O2S. The largest absolute Gasteiger partial charge is 0.435 e. The Morgan fingerprint density at radius 2 is 1.86 bits per heavy atom. The summed E-state index contributed by atoms with van der Waals surface area (Å²) >= 11 is 1.28. The molecule has 0 radical (unpaired) electrons. The van der Waals surface area contributed by atoms with E-state index in [-0.39, 0.29) is 24.1 Å². The van der Waals surface area contributed by atoms with E-state index in [0.717, 1.165) is 5.56 Å². The molecule has 0 unspecified atom stereocenters. The van der Waals surface area contributed by atoms with Crippen molar-refractivity contribution in [2.75, 3.05) is 5.32 Å². The lowest BCUT2D eigenvalue weighted by molar-refractivity contribution is -0.111. The smallest absolute Gasteiger partial charge is 0.387 e. The van der Waals surface area contributed by atoms with E-state index in [0.29, 0.717) is 22.0 Å². The number of amides is 1. The number of nitrogens with zero attached hydrogens (tertiary/aromatic N) is 2. The van der Waals surface area contributed by atoms with Crippen LogP contribution in [0.15, 0.2) is 60.0 Å². The van der Waals surface area contributed by atoms with Crippen molar-refractivity contribution in [2.24, 2.45) is 0 Å². The topological polar surface area (TPSA) is 75.0 Å². The minimum atomic E-state index is -2.88. The van der Waals surface area contributed by atoms with Crippen LogP contribution in [-0.2, 0) is 4.79 Å². The molecule has 0 atom stereocenters. The third-order valence-electron chi connectivity index (χ3n) is 3.58. The average molecular weight is 434 g/mol. The number of benzene rings is 2. The molecule has 0 aliphatic carbocycles. The maximum Gasteiger partial charge on any atom is 0.387 e. The molecule has 3 aromatic rings. The first-order valence-electron chi connectivity index (χ1n) is 8.03. The fourth-order valence-electron chi connectivity index (χ4n) is 2.26. The van der Waals surface area contributed by atoms with E-state index in [2.05, 4.69) is 21.1 Å². The SMILES string of the molecule is Cl.N#Cc1ccc(-c2csc(NC(=O)/C=C/c3ccc(OC(F)F)cc3)n2)cc1. The average Bonchev–Trinajstić information content (AvgIpc) is 3.15. The number of carbonyl (C=O) groups excluding carboxylic acids is 1. The highest BCUT2D eigenvalue weighted by molar-refractivity contribution is 7.14. The lowest BCUT2D eigenvalue weighted by Crippen LogP contribution is -2.07. The molecule has 0 saturated carbocycles. The number of anilines is 1. The highest BCUT2D eigenvalue weighted by Crippen LogP contribution is 2.25. The third kappa shape index (κ3) is 6.38. The van der Waals surface area contributed by atoms with Gasteiger partial charge < -0.3 is 4.74 Å². The molecule has 29 heavy (non-hydrogen) atoms. The molecule has 0 bridgehead atoms. The third-order valence-corrected chi connectivity index (χ3v) is 4.33. The van der Waals surface area contributed by atoms with E-state index in [1.165, 1.54) is 29.5 Å². The monoisotopic (exact) mass is 433 g/mol. The fourth-order valence-corrected chi connectivity index (χ4v) is 2.98. The Hall–Kier alpha value is -3.28. The predicted molar refractivity (Wildman–Crippen MR) is 110 cm³/mol. The van der Waals surface area contributed by atoms with Crippen LogP contribution in [0.5, 0.6) is 5.75 Å². The number of thiazole rings is 1. The molecule has 0 aliphatic heterocycles. The van der Waals surface area contributed by atoms with Gasteiger partial charge in [-0.2, -0.15) is 14.0 Å². The number of rotatable bonds is 6. The number of nitrogens with one attached hydrogen (secondary N) is 1. The molecule has 1 N–H and O–H groups in total. The molecular weight excluding hydrogens is 420 g/mol. The summed E-state index contributed by atoms with van der Waals surface area (Å²) in [6.45, 7) is -2.88. The van der Waals surface area contributed by atoms with Crippen LogP contribution in [-0.4, -0.2) is 17.5 Å². The van der Waals surface area contributed by atoms with Crippen molar-refractivity contribution in [1.82, 2.24) is 4.98 Å². The van der Waals surface area contributed by atoms with Crippen molar-refractivity contribution in [2.45, 2.75) is 6.61 Å². The van der Waals surface area contributed by atoms with Crippen LogP contribution < -0.4 is 10.1 Å². The Kier molecular flexibility index (Phi) is 7.83. The molecule has 1 amide bonds. The van der Waals surface area contributed by atoms with Crippen LogP contribution in [0.25, 0.3) is 17.3 Å². The van der Waals surface area contributed by atoms with Gasteiger partial charge in [-0.15, -0.1) is 23.7 Å². The van der Waals surface area contributed by atoms with E-state index in [9.17, 15) is 13.6 Å². The van der Waals surface area contributed by atoms with Crippen LogP contribution in [0, 0.1) is 11.3 Å². The van der Waals surface area contributed by atoms with Gasteiger partial charge in [0.15, 0.2) is 5.13 Å². The van der Waals surface area contributed by atoms with Gasteiger partial charge in [-0.25, -0.2) is 4.98 Å². The van der Waals surface area contributed by atoms with E-state index in [1.807, 2.05) is 5.38 Å². The van der Waals surface area contributed by atoms with Gasteiger partial charge in [-0.1, -0.05) is 24.3 Å². The van der Waals surface area contributed by atoms with E-state index >= 15 is 0 Å². The number of hydrogen-bond donors (Lipinski definition) is 1. The van der Waals surface area contributed by atoms with E-state index < -0.39 is 6.61 Å². The zero-order valence-corrected chi connectivity index (χ0v) is 16.3. The van der Waals surface area contributed by atoms with Crippen molar-refractivity contribution >= 4 is 40.9 Å². The molecule has 2 aromatic carbocycles. The van der Waals surface area contributed by atoms with Gasteiger partial charge in [0.2, 0.25) is 5.91 Å². The standard InChI is InChI=1S/C20H13F2N3O2S.ClH/c21-19(22)27-16-8-3-13(4-9-16)5-10-18(26)25-20-24-17(12-28-20)15-6-1-14(11-23)2-7-15;/h1-10,12,19H,(H,24,25,26);1H/b10-5+;. The highest BCUT2D eigenvalue weighted by atomic mass is 35.5. The summed E-state index contributed by atoms with van der Waals surface area (Å²) in [6.07, 6.45) is 2.88. The quantitative estimate of drug-likeness (QED) is 0.531. The van der Waals surface area contributed by atoms with Crippen molar-refractivity contribution in [3.8, 4) is 23.1 Å². The molecule has 1 heterocycles. The number of carbonyl (C=O) groups is 1. The number of halogens is 3. The summed E-state index contributed by atoms with van der Waals surface area (Å²) in [7, 11) is 0. The maximum atomic E-state index is 12.1. The Morgan fingerprint density at radius 1 is 1.17 bits per heavy atom. The second-order valence-electron chi connectivity index (χ2n) is 5.50. The van der Waals surface area contributed by atoms with Gasteiger partial charge in [-0.05, 0) is 35.9 Å². The summed E-state index contributed by atoms with van der Waals surface area (Å²) < 4.78 is 28.5. The molecule has 5 nitrogen and oxygen atoms in total. The molecule has 0 aliphatic rings. The lowest BCUT2D eigenvalue weighted by Gasteiger charge is -2.03. The fraction of sp³-hybridized carbons (Fsp3) is 0.0500. The molecule has 0 fully saturated rings. The number of alkyl halides is 2. The summed E-state index contributed by atoms with van der Waals surface area (Å²) in [5, 5.41) is 13.7. The summed E-state index contributed by atoms with van der Waals surface area (Å²) in [4.78, 5) is 16.4. The van der Waals surface area contributed by atoms with Crippen molar-refractivity contribution in [1.29, 1.82) is 5.26 Å². The summed E-state index contributed by atoms with van der Waals surface area (Å²) in [5.41, 5.74) is 2.77. The second-order valence-corrected chi connectivity index (χ2v) is 6.36. The van der Waals surface area contributed by atoms with Gasteiger partial charge in [-0.3, -0.25) is 10.1 Å². The molecule has 1 aromatic heterocycles. The molecule has 0 spiro atoms. The van der Waals surface area contributed by atoms with Crippen LogP contribution in [0.2, 0.25) is 0 Å². The van der Waals surface area contributed by atoms with E-state index in [1.54, 1.807) is 42.5 Å². The number of nitriles is 1. The first-order chi connectivity index (χ1) is 13.5. The van der Waals surface area contributed by atoms with E-state index in [4.69, 9.17) is 5.26 Å². The summed E-state index contributed by atoms with van der Waals surface area (Å²) in [6, 6.07) is 15.0. The van der Waals surface area contributed by atoms with Gasteiger partial charge in [0.05, 0.1) is 17.3 Å². The maximum absolute atomic E-state index is 12.1. The first kappa shape index (κ1) is 22.0.